The lowest BCUT2D eigenvalue weighted by Gasteiger charge is -2.25. The zero-order valence-corrected chi connectivity index (χ0v) is 21.5. The third-order valence-corrected chi connectivity index (χ3v) is 7.13. The van der Waals surface area contributed by atoms with Crippen LogP contribution in [-0.4, -0.2) is 15.5 Å². The molecule has 4 aromatic carbocycles. The molecule has 0 fully saturated rings. The summed E-state index contributed by atoms with van der Waals surface area (Å²) in [5.74, 6) is 0. The Labute approximate surface area is 219 Å². The molecule has 0 N–H and O–H groups in total. The molecule has 1 atom stereocenters. The van der Waals surface area contributed by atoms with Crippen molar-refractivity contribution in [1.82, 2.24) is 9.78 Å². The molecule has 1 aliphatic rings. The largest absolute Gasteiger partial charge is 0.257 e. The summed E-state index contributed by atoms with van der Waals surface area (Å²) in [6.07, 6.45) is 0.789. The predicted molar refractivity (Wildman–Crippen MR) is 151 cm³/mol. The molecule has 5 aromatic rings. The molecule has 1 aliphatic heterocycles. The second-order valence-electron chi connectivity index (χ2n) is 8.91. The zero-order valence-electron chi connectivity index (χ0n) is 19.9. The third kappa shape index (κ3) is 4.16. The zero-order chi connectivity index (χ0) is 24.5. The third-order valence-electron chi connectivity index (χ3n) is 6.60. The summed E-state index contributed by atoms with van der Waals surface area (Å²) < 4.78 is 3.15. The monoisotopic (exact) mass is 532 g/mol. The molecule has 0 bridgehead atoms. The Kier molecular flexibility index (Phi) is 5.99. The van der Waals surface area contributed by atoms with Crippen LogP contribution in [0.15, 0.2) is 125 Å². The number of nitrogens with zero attached hydrogens (tertiary/aromatic N) is 4. The van der Waals surface area contributed by atoms with E-state index in [1.807, 2.05) is 12.1 Å². The van der Waals surface area contributed by atoms with Crippen molar-refractivity contribution in [2.45, 2.75) is 19.4 Å². The number of anilines is 1. The molecule has 0 saturated carbocycles. The van der Waals surface area contributed by atoms with E-state index in [1.165, 1.54) is 5.56 Å². The number of aromatic nitrogens is 2. The summed E-state index contributed by atoms with van der Waals surface area (Å²) in [5.41, 5.74) is 8.78. The van der Waals surface area contributed by atoms with Gasteiger partial charge in [-0.05, 0) is 48.9 Å². The first kappa shape index (κ1) is 22.5. The quantitative estimate of drug-likeness (QED) is 0.230. The first-order chi connectivity index (χ1) is 17.7. The van der Waals surface area contributed by atoms with Crippen molar-refractivity contribution in [2.75, 3.05) is 5.01 Å². The van der Waals surface area contributed by atoms with Crippen LogP contribution in [0, 0.1) is 6.92 Å². The summed E-state index contributed by atoms with van der Waals surface area (Å²) in [7, 11) is 0. The number of rotatable bonds is 5. The van der Waals surface area contributed by atoms with Gasteiger partial charge in [0, 0.05) is 22.0 Å². The molecule has 0 radical (unpaired) electrons. The molecule has 1 unspecified atom stereocenters. The molecule has 2 heterocycles. The van der Waals surface area contributed by atoms with Gasteiger partial charge in [-0.25, -0.2) is 4.68 Å². The molecular weight excluding hydrogens is 508 g/mol. The van der Waals surface area contributed by atoms with E-state index in [2.05, 4.69) is 136 Å². The van der Waals surface area contributed by atoms with Crippen molar-refractivity contribution >= 4 is 27.3 Å². The highest BCUT2D eigenvalue weighted by molar-refractivity contribution is 9.10. The Morgan fingerprint density at radius 1 is 0.694 bits per heavy atom. The van der Waals surface area contributed by atoms with Gasteiger partial charge in [-0.15, -0.1) is 0 Å². The minimum absolute atomic E-state index is 0.0127. The number of aryl methyl sites for hydroxylation is 1. The van der Waals surface area contributed by atoms with Gasteiger partial charge in [0.25, 0.3) is 0 Å². The Morgan fingerprint density at radius 2 is 1.28 bits per heavy atom. The molecule has 36 heavy (non-hydrogen) atoms. The highest BCUT2D eigenvalue weighted by Gasteiger charge is 2.35. The first-order valence-corrected chi connectivity index (χ1v) is 12.9. The second-order valence-corrected chi connectivity index (χ2v) is 9.83. The van der Waals surface area contributed by atoms with Crippen LogP contribution in [-0.2, 0) is 0 Å². The minimum atomic E-state index is 0.0127. The van der Waals surface area contributed by atoms with E-state index in [4.69, 9.17) is 10.2 Å². The van der Waals surface area contributed by atoms with Crippen molar-refractivity contribution in [3.63, 3.8) is 0 Å². The van der Waals surface area contributed by atoms with Crippen LogP contribution < -0.4 is 5.01 Å². The highest BCUT2D eigenvalue weighted by Crippen LogP contribution is 2.43. The van der Waals surface area contributed by atoms with Crippen LogP contribution in [0.2, 0.25) is 0 Å². The molecule has 0 amide bonds. The van der Waals surface area contributed by atoms with Gasteiger partial charge >= 0.3 is 0 Å². The van der Waals surface area contributed by atoms with Crippen LogP contribution in [0.5, 0.6) is 0 Å². The van der Waals surface area contributed by atoms with Gasteiger partial charge in [0.15, 0.2) is 0 Å². The molecule has 4 nitrogen and oxygen atoms in total. The summed E-state index contributed by atoms with van der Waals surface area (Å²) in [6.45, 7) is 2.11. The van der Waals surface area contributed by atoms with E-state index in [-0.39, 0.29) is 6.04 Å². The van der Waals surface area contributed by atoms with E-state index in [1.54, 1.807) is 0 Å². The highest BCUT2D eigenvalue weighted by atomic mass is 79.9. The van der Waals surface area contributed by atoms with Crippen molar-refractivity contribution in [1.29, 1.82) is 0 Å². The van der Waals surface area contributed by atoms with Crippen LogP contribution in [0.4, 0.5) is 5.69 Å². The molecule has 0 aliphatic carbocycles. The fourth-order valence-corrected chi connectivity index (χ4v) is 5.20. The van der Waals surface area contributed by atoms with Gasteiger partial charge in [0.1, 0.15) is 0 Å². The fraction of sp³-hybridized carbons (Fsp3) is 0.0968. The standard InChI is InChI=1S/C31H25BrN4/c1-22-30(31(24-11-5-2-6-12-24)36(33-22)27-15-9-4-10-16-27)29-21-28(23-17-19-25(32)20-18-23)34-35(29)26-13-7-3-8-14-26/h2-20,29H,21H2,1H3. The number of hydrazone groups is 1. The number of halogens is 1. The predicted octanol–water partition coefficient (Wildman–Crippen LogP) is 7.97. The Bertz CT molecular complexity index is 1510. The molecular formula is C31H25BrN4. The minimum Gasteiger partial charge on any atom is -0.257 e. The van der Waals surface area contributed by atoms with Gasteiger partial charge in [0.2, 0.25) is 0 Å². The number of hydrogen-bond acceptors (Lipinski definition) is 3. The van der Waals surface area contributed by atoms with E-state index in [0.29, 0.717) is 0 Å². The smallest absolute Gasteiger partial charge is 0.0871 e. The van der Waals surface area contributed by atoms with Crippen LogP contribution in [0.25, 0.3) is 16.9 Å². The van der Waals surface area contributed by atoms with E-state index < -0.39 is 0 Å². The molecule has 1 aromatic heterocycles. The molecule has 0 saturated heterocycles. The number of hydrogen-bond donors (Lipinski definition) is 0. The Morgan fingerprint density at radius 3 is 1.92 bits per heavy atom. The van der Waals surface area contributed by atoms with Crippen LogP contribution in [0.1, 0.15) is 29.3 Å². The van der Waals surface area contributed by atoms with Gasteiger partial charge in [0.05, 0.1) is 34.5 Å². The fourth-order valence-electron chi connectivity index (χ4n) is 4.94. The second kappa shape index (κ2) is 9.59. The molecule has 5 heteroatoms. The van der Waals surface area contributed by atoms with E-state index >= 15 is 0 Å². The van der Waals surface area contributed by atoms with E-state index in [9.17, 15) is 0 Å². The Balaban J connectivity index is 1.54. The van der Waals surface area contributed by atoms with Gasteiger partial charge in [-0.3, -0.25) is 5.01 Å². The topological polar surface area (TPSA) is 33.4 Å². The van der Waals surface area contributed by atoms with Gasteiger partial charge in [-0.1, -0.05) is 94.8 Å². The van der Waals surface area contributed by atoms with Crippen LogP contribution >= 0.6 is 15.9 Å². The maximum absolute atomic E-state index is 5.17. The average Bonchev–Trinajstić information content (AvgIpc) is 3.52. The maximum Gasteiger partial charge on any atom is 0.0871 e. The van der Waals surface area contributed by atoms with Crippen molar-refractivity contribution < 1.29 is 0 Å². The molecule has 6 rings (SSSR count). The SMILES string of the molecule is Cc1nn(-c2ccccc2)c(-c2ccccc2)c1C1CC(c2ccc(Br)cc2)=NN1c1ccccc1. The van der Waals surface area contributed by atoms with Crippen molar-refractivity contribution in [2.24, 2.45) is 5.10 Å². The summed E-state index contributed by atoms with van der Waals surface area (Å²) in [5, 5.41) is 12.4. The lowest BCUT2D eigenvalue weighted by atomic mass is 9.94. The average molecular weight is 533 g/mol. The Hall–Kier alpha value is -3.96. The summed E-state index contributed by atoms with van der Waals surface area (Å²) in [6, 6.07) is 39.8. The summed E-state index contributed by atoms with van der Waals surface area (Å²) in [4.78, 5) is 0. The van der Waals surface area contributed by atoms with Crippen molar-refractivity contribution in [3.8, 4) is 16.9 Å². The normalized spacial score (nSPS) is 15.2. The van der Waals surface area contributed by atoms with Gasteiger partial charge < -0.3 is 0 Å². The lowest BCUT2D eigenvalue weighted by Crippen LogP contribution is -2.19. The van der Waals surface area contributed by atoms with E-state index in [0.717, 1.165) is 50.5 Å². The van der Waals surface area contributed by atoms with Gasteiger partial charge in [-0.2, -0.15) is 10.2 Å². The number of benzene rings is 4. The van der Waals surface area contributed by atoms with Crippen molar-refractivity contribution in [3.05, 3.63) is 137 Å². The molecule has 176 valence electrons. The first-order valence-electron chi connectivity index (χ1n) is 12.1. The molecule has 0 spiro atoms. The summed E-state index contributed by atoms with van der Waals surface area (Å²) >= 11 is 3.56. The lowest BCUT2D eigenvalue weighted by molar-refractivity contribution is 0.706. The number of para-hydroxylation sites is 2. The maximum atomic E-state index is 5.17. The van der Waals surface area contributed by atoms with Crippen LogP contribution in [0.3, 0.4) is 0 Å².